The van der Waals surface area contributed by atoms with Crippen molar-refractivity contribution in [2.45, 2.75) is 25.5 Å². The van der Waals surface area contributed by atoms with Gasteiger partial charge in [-0.05, 0) is 60.4 Å². The number of nitrogens with zero attached hydrogens (tertiary/aromatic N) is 2. The fourth-order valence-corrected chi connectivity index (χ4v) is 4.74. The minimum absolute atomic E-state index is 0.0878. The van der Waals surface area contributed by atoms with Crippen LogP contribution in [0.15, 0.2) is 65.9 Å². The first-order valence-electron chi connectivity index (χ1n) is 12.8. The zero-order valence-corrected chi connectivity index (χ0v) is 21.6. The summed E-state index contributed by atoms with van der Waals surface area (Å²) >= 11 is 0. The fourth-order valence-electron chi connectivity index (χ4n) is 4.74. The van der Waals surface area contributed by atoms with E-state index in [1.54, 1.807) is 36.4 Å². The van der Waals surface area contributed by atoms with Gasteiger partial charge in [-0.1, -0.05) is 18.2 Å². The molecule has 6 rings (SSSR count). The zero-order chi connectivity index (χ0) is 28.3. The molecule has 3 amide bonds. The van der Waals surface area contributed by atoms with Crippen LogP contribution in [0, 0.1) is 11.3 Å². The van der Waals surface area contributed by atoms with Gasteiger partial charge in [0.25, 0.3) is 5.91 Å². The average Bonchev–Trinajstić information content (AvgIpc) is 3.46. The molecule has 12 nitrogen and oxygen atoms in total. The number of carbonyl (C=O) groups excluding carboxylic acids is 3. The van der Waals surface area contributed by atoms with E-state index in [1.165, 1.54) is 0 Å². The molecule has 0 bridgehead atoms. The summed E-state index contributed by atoms with van der Waals surface area (Å²) in [5.41, 5.74) is 2.83. The van der Waals surface area contributed by atoms with Crippen molar-refractivity contribution in [2.24, 2.45) is 0 Å². The molecule has 0 spiro atoms. The Bertz CT molecular complexity index is 1640. The number of pyridine rings is 1. The van der Waals surface area contributed by atoms with E-state index >= 15 is 0 Å². The highest BCUT2D eigenvalue weighted by Crippen LogP contribution is 2.35. The molecule has 3 aromatic rings. The molecule has 1 aromatic heterocycles. The van der Waals surface area contributed by atoms with Crippen molar-refractivity contribution in [3.05, 3.63) is 88.3 Å². The van der Waals surface area contributed by atoms with Gasteiger partial charge < -0.3 is 34.9 Å². The molecule has 0 saturated carbocycles. The van der Waals surface area contributed by atoms with Gasteiger partial charge in [0.1, 0.15) is 12.6 Å². The lowest BCUT2D eigenvalue weighted by molar-refractivity contribution is -0.140. The van der Waals surface area contributed by atoms with E-state index in [1.807, 2.05) is 18.2 Å². The van der Waals surface area contributed by atoms with Crippen molar-refractivity contribution in [3.63, 3.8) is 0 Å². The van der Waals surface area contributed by atoms with Gasteiger partial charge in [0, 0.05) is 5.70 Å². The number of nitriles is 1. The van der Waals surface area contributed by atoms with Crippen LogP contribution in [0.4, 0.5) is 10.6 Å². The standard InChI is InChI=1S/C29H23N5O7/c30-12-17-2-1-3-18(10-17)13-39-28(36)25-19(6-4-16-5-8-21-23(11-16)41-15-40-21)32-29(37)34-26(25)20-7-9-22-27(31-20)33-24(35)14-38-22/h1-3,5,7-11,26H,4,6,13-15H2,(H,31,33,35)(H2,32,34,37). The molecule has 4 heterocycles. The average molecular weight is 554 g/mol. The Labute approximate surface area is 233 Å². The summed E-state index contributed by atoms with van der Waals surface area (Å²) in [6.45, 7) is -0.0675. The Kier molecular flexibility index (Phi) is 6.83. The Balaban J connectivity index is 1.32. The predicted molar refractivity (Wildman–Crippen MR) is 142 cm³/mol. The van der Waals surface area contributed by atoms with E-state index in [9.17, 15) is 19.6 Å². The van der Waals surface area contributed by atoms with Crippen molar-refractivity contribution in [1.82, 2.24) is 15.6 Å². The zero-order valence-electron chi connectivity index (χ0n) is 21.6. The second kappa shape index (κ2) is 10.9. The lowest BCUT2D eigenvalue weighted by atomic mass is 9.95. The normalized spacial score (nSPS) is 16.9. The lowest BCUT2D eigenvalue weighted by Gasteiger charge is -2.29. The summed E-state index contributed by atoms with van der Waals surface area (Å²) in [6.07, 6.45) is 0.768. The molecule has 1 unspecified atom stereocenters. The van der Waals surface area contributed by atoms with Gasteiger partial charge in [0.05, 0.1) is 22.9 Å². The minimum atomic E-state index is -0.974. The molecule has 206 valence electrons. The van der Waals surface area contributed by atoms with Crippen LogP contribution in [-0.2, 0) is 27.4 Å². The quantitative estimate of drug-likeness (QED) is 0.374. The third kappa shape index (κ3) is 5.46. The van der Waals surface area contributed by atoms with Crippen LogP contribution in [0.1, 0.15) is 34.8 Å². The number of hydrogen-bond acceptors (Lipinski definition) is 9. The molecule has 3 N–H and O–H groups in total. The first-order valence-corrected chi connectivity index (χ1v) is 12.8. The van der Waals surface area contributed by atoms with Gasteiger partial charge in [-0.15, -0.1) is 0 Å². The van der Waals surface area contributed by atoms with Crippen LogP contribution in [0.2, 0.25) is 0 Å². The summed E-state index contributed by atoms with van der Waals surface area (Å²) in [5, 5.41) is 17.4. The number of carbonyl (C=O) groups is 3. The van der Waals surface area contributed by atoms with Gasteiger partial charge in [-0.25, -0.2) is 14.6 Å². The maximum Gasteiger partial charge on any atom is 0.338 e. The molecule has 0 aliphatic carbocycles. The number of rotatable bonds is 7. The second-order valence-electron chi connectivity index (χ2n) is 9.42. The topological polar surface area (TPSA) is 161 Å². The smallest absolute Gasteiger partial charge is 0.338 e. The molecule has 3 aliphatic rings. The molecule has 0 radical (unpaired) electrons. The van der Waals surface area contributed by atoms with Gasteiger partial charge in [-0.3, -0.25) is 4.79 Å². The van der Waals surface area contributed by atoms with E-state index in [-0.39, 0.29) is 37.3 Å². The number of aryl methyl sites for hydroxylation is 1. The van der Waals surface area contributed by atoms with Crippen molar-refractivity contribution in [1.29, 1.82) is 5.26 Å². The number of amides is 3. The Morgan fingerprint density at radius 1 is 0.976 bits per heavy atom. The van der Waals surface area contributed by atoms with Gasteiger partial charge in [0.2, 0.25) is 6.79 Å². The number of urea groups is 1. The van der Waals surface area contributed by atoms with E-state index in [4.69, 9.17) is 18.9 Å². The van der Waals surface area contributed by atoms with Crippen molar-refractivity contribution >= 4 is 23.7 Å². The van der Waals surface area contributed by atoms with Crippen molar-refractivity contribution in [2.75, 3.05) is 18.7 Å². The monoisotopic (exact) mass is 553 g/mol. The highest BCUT2D eigenvalue weighted by Gasteiger charge is 2.35. The first kappa shape index (κ1) is 25.7. The summed E-state index contributed by atoms with van der Waals surface area (Å²) in [4.78, 5) is 42.8. The highest BCUT2D eigenvalue weighted by molar-refractivity contribution is 5.96. The van der Waals surface area contributed by atoms with Crippen LogP contribution in [0.25, 0.3) is 0 Å². The fraction of sp³-hybridized carbons (Fsp3) is 0.207. The van der Waals surface area contributed by atoms with Crippen molar-refractivity contribution < 1.29 is 33.3 Å². The summed E-state index contributed by atoms with van der Waals surface area (Å²) in [5.74, 6) is 0.811. The number of anilines is 1. The maximum atomic E-state index is 13.6. The predicted octanol–water partition coefficient (Wildman–Crippen LogP) is 3.00. The number of aromatic nitrogens is 1. The molecule has 41 heavy (non-hydrogen) atoms. The molecule has 0 saturated heterocycles. The van der Waals surface area contributed by atoms with Crippen LogP contribution >= 0.6 is 0 Å². The van der Waals surface area contributed by atoms with E-state index in [0.717, 1.165) is 5.56 Å². The minimum Gasteiger partial charge on any atom is -0.480 e. The van der Waals surface area contributed by atoms with Gasteiger partial charge in [-0.2, -0.15) is 5.26 Å². The third-order valence-corrected chi connectivity index (χ3v) is 6.69. The van der Waals surface area contributed by atoms with E-state index < -0.39 is 18.0 Å². The number of allylic oxidation sites excluding steroid dienone is 1. The molecular weight excluding hydrogens is 530 g/mol. The third-order valence-electron chi connectivity index (χ3n) is 6.69. The number of nitrogens with one attached hydrogen (secondary N) is 3. The Morgan fingerprint density at radius 2 is 1.83 bits per heavy atom. The van der Waals surface area contributed by atoms with Crippen LogP contribution in [0.5, 0.6) is 17.2 Å². The Hall–Kier alpha value is -5.57. The van der Waals surface area contributed by atoms with E-state index in [2.05, 4.69) is 27.0 Å². The molecule has 1 atom stereocenters. The number of hydrogen-bond donors (Lipinski definition) is 3. The Morgan fingerprint density at radius 3 is 2.71 bits per heavy atom. The highest BCUT2D eigenvalue weighted by atomic mass is 16.7. The molecule has 2 aromatic carbocycles. The molecule has 12 heteroatoms. The SMILES string of the molecule is N#Cc1cccc(COC(=O)C2=C(CCc3ccc4c(c3)OCO4)NC(=O)NC2c2ccc3c(n2)NC(=O)CO3)c1. The number of fused-ring (bicyclic) bond motifs is 2. The summed E-state index contributed by atoms with van der Waals surface area (Å²) < 4.78 is 21.9. The molecular formula is C29H23N5O7. The van der Waals surface area contributed by atoms with Gasteiger partial charge in [0.15, 0.2) is 29.7 Å². The van der Waals surface area contributed by atoms with Gasteiger partial charge >= 0.3 is 12.0 Å². The van der Waals surface area contributed by atoms with Crippen LogP contribution < -0.4 is 30.2 Å². The first-order chi connectivity index (χ1) is 20.0. The second-order valence-corrected chi connectivity index (χ2v) is 9.42. The molecule has 0 fully saturated rings. The number of ether oxygens (including phenoxy) is 4. The van der Waals surface area contributed by atoms with Crippen LogP contribution in [0.3, 0.4) is 0 Å². The molecule has 3 aliphatic heterocycles. The lowest BCUT2D eigenvalue weighted by Crippen LogP contribution is -2.46. The maximum absolute atomic E-state index is 13.6. The summed E-state index contributed by atoms with van der Waals surface area (Å²) in [6, 6.07) is 16.1. The van der Waals surface area contributed by atoms with Crippen molar-refractivity contribution in [3.8, 4) is 23.3 Å². The largest absolute Gasteiger partial charge is 0.480 e. The van der Waals surface area contributed by atoms with Crippen LogP contribution in [-0.4, -0.2) is 36.3 Å². The summed E-state index contributed by atoms with van der Waals surface area (Å²) in [7, 11) is 0. The number of benzene rings is 2. The number of esters is 1. The van der Waals surface area contributed by atoms with E-state index in [0.29, 0.717) is 52.6 Å².